The Morgan fingerprint density at radius 3 is 2.81 bits per heavy atom. The van der Waals surface area contributed by atoms with Crippen molar-refractivity contribution in [1.29, 1.82) is 0 Å². The molecule has 1 aliphatic heterocycles. The maximum atomic E-state index is 5.05. The number of nitrogens with zero attached hydrogens (tertiary/aromatic N) is 1. The molecule has 3 heteroatoms. The predicted molar refractivity (Wildman–Crippen MR) is 65.3 cm³/mol. The normalized spacial score (nSPS) is 21.1. The maximum Gasteiger partial charge on any atom is 0.0947 e. The lowest BCUT2D eigenvalue weighted by Crippen LogP contribution is -2.41. The summed E-state index contributed by atoms with van der Waals surface area (Å²) in [6.07, 6.45) is 6.13. The largest absolute Gasteiger partial charge is 0.472 e. The topological polar surface area (TPSA) is 28.4 Å². The Kier molecular flexibility index (Phi) is 3.66. The minimum absolute atomic E-state index is 0.468. The molecule has 0 aromatic carbocycles. The summed E-state index contributed by atoms with van der Waals surface area (Å²) in [4.78, 5) is 2.41. The van der Waals surface area contributed by atoms with E-state index in [1.54, 1.807) is 6.26 Å². The van der Waals surface area contributed by atoms with Crippen LogP contribution in [-0.2, 0) is 6.54 Å². The van der Waals surface area contributed by atoms with Crippen LogP contribution >= 0.6 is 0 Å². The Labute approximate surface area is 97.8 Å². The Morgan fingerprint density at radius 2 is 2.19 bits per heavy atom. The molecule has 0 unspecified atom stereocenters. The van der Waals surface area contributed by atoms with E-state index in [4.69, 9.17) is 4.42 Å². The van der Waals surface area contributed by atoms with Crippen LogP contribution in [0.4, 0.5) is 0 Å². The van der Waals surface area contributed by atoms with Gasteiger partial charge in [0.2, 0.25) is 0 Å². The SMILES string of the molecule is CN1CCC(C)(CNCc2ccoc2)CC1. The minimum atomic E-state index is 0.468. The van der Waals surface area contributed by atoms with Gasteiger partial charge in [-0.1, -0.05) is 6.92 Å². The number of piperidine rings is 1. The molecule has 0 spiro atoms. The Hall–Kier alpha value is -0.800. The van der Waals surface area contributed by atoms with Crippen molar-refractivity contribution in [2.45, 2.75) is 26.3 Å². The van der Waals surface area contributed by atoms with Gasteiger partial charge < -0.3 is 14.6 Å². The standard InChI is InChI=1S/C13H22N2O/c1-13(4-6-15(2)7-5-13)11-14-9-12-3-8-16-10-12/h3,8,10,14H,4-7,9,11H2,1-2H3. The highest BCUT2D eigenvalue weighted by Gasteiger charge is 2.28. The van der Waals surface area contributed by atoms with Gasteiger partial charge in [0.25, 0.3) is 0 Å². The van der Waals surface area contributed by atoms with Crippen LogP contribution in [0.5, 0.6) is 0 Å². The molecule has 1 aromatic rings. The molecule has 0 atom stereocenters. The molecule has 2 rings (SSSR count). The van der Waals surface area contributed by atoms with E-state index in [0.717, 1.165) is 13.1 Å². The van der Waals surface area contributed by atoms with Gasteiger partial charge in [0.05, 0.1) is 12.5 Å². The molecule has 0 saturated carbocycles. The molecule has 90 valence electrons. The third-order valence-electron chi connectivity index (χ3n) is 3.66. The lowest BCUT2D eigenvalue weighted by atomic mass is 9.80. The van der Waals surface area contributed by atoms with Crippen LogP contribution in [0.3, 0.4) is 0 Å². The summed E-state index contributed by atoms with van der Waals surface area (Å²) in [7, 11) is 2.21. The second-order valence-electron chi connectivity index (χ2n) is 5.35. The van der Waals surface area contributed by atoms with Gasteiger partial charge in [0.15, 0.2) is 0 Å². The molecule has 1 aromatic heterocycles. The first-order chi connectivity index (χ1) is 7.68. The van der Waals surface area contributed by atoms with E-state index in [0.29, 0.717) is 5.41 Å². The summed E-state index contributed by atoms with van der Waals surface area (Å²) in [5.41, 5.74) is 1.70. The first-order valence-electron chi connectivity index (χ1n) is 6.08. The van der Waals surface area contributed by atoms with Crippen LogP contribution in [0.15, 0.2) is 23.0 Å². The van der Waals surface area contributed by atoms with Crippen LogP contribution in [0.25, 0.3) is 0 Å². The molecule has 1 aliphatic rings. The van der Waals surface area contributed by atoms with E-state index in [1.807, 2.05) is 12.3 Å². The molecule has 0 aliphatic carbocycles. The highest BCUT2D eigenvalue weighted by atomic mass is 16.3. The third kappa shape index (κ3) is 3.09. The van der Waals surface area contributed by atoms with E-state index in [1.165, 1.54) is 31.5 Å². The van der Waals surface area contributed by atoms with Crippen molar-refractivity contribution in [3.8, 4) is 0 Å². The van der Waals surface area contributed by atoms with Crippen molar-refractivity contribution >= 4 is 0 Å². The van der Waals surface area contributed by atoms with Crippen molar-refractivity contribution < 1.29 is 4.42 Å². The summed E-state index contributed by atoms with van der Waals surface area (Å²) >= 11 is 0. The van der Waals surface area contributed by atoms with Crippen LogP contribution in [0.1, 0.15) is 25.3 Å². The van der Waals surface area contributed by atoms with E-state index in [-0.39, 0.29) is 0 Å². The average Bonchev–Trinajstić information content (AvgIpc) is 2.76. The number of furan rings is 1. The van der Waals surface area contributed by atoms with E-state index < -0.39 is 0 Å². The molecule has 0 bridgehead atoms. The van der Waals surface area contributed by atoms with Gasteiger partial charge in [-0.25, -0.2) is 0 Å². The third-order valence-corrected chi connectivity index (χ3v) is 3.66. The highest BCUT2D eigenvalue weighted by molar-refractivity contribution is 5.04. The molecule has 0 amide bonds. The summed E-state index contributed by atoms with van der Waals surface area (Å²) in [5, 5.41) is 3.53. The highest BCUT2D eigenvalue weighted by Crippen LogP contribution is 2.29. The van der Waals surface area contributed by atoms with Crippen LogP contribution < -0.4 is 5.32 Å². The second-order valence-corrected chi connectivity index (χ2v) is 5.35. The van der Waals surface area contributed by atoms with Crippen molar-refractivity contribution in [3.63, 3.8) is 0 Å². The smallest absolute Gasteiger partial charge is 0.0947 e. The molecule has 1 fully saturated rings. The quantitative estimate of drug-likeness (QED) is 0.845. The number of likely N-dealkylation sites (tertiary alicyclic amines) is 1. The average molecular weight is 222 g/mol. The molecule has 16 heavy (non-hydrogen) atoms. The van der Waals surface area contributed by atoms with Crippen LogP contribution in [-0.4, -0.2) is 31.6 Å². The molecule has 2 heterocycles. The second kappa shape index (κ2) is 5.02. The maximum absolute atomic E-state index is 5.05. The fraction of sp³-hybridized carbons (Fsp3) is 0.692. The molecular weight excluding hydrogens is 200 g/mol. The zero-order chi connectivity index (χ0) is 11.4. The van der Waals surface area contributed by atoms with Crippen molar-refractivity contribution in [1.82, 2.24) is 10.2 Å². The Bertz CT molecular complexity index is 300. The van der Waals surface area contributed by atoms with E-state index >= 15 is 0 Å². The fourth-order valence-electron chi connectivity index (χ4n) is 2.24. The number of hydrogen-bond acceptors (Lipinski definition) is 3. The zero-order valence-electron chi connectivity index (χ0n) is 10.3. The molecule has 0 radical (unpaired) electrons. The fourth-order valence-corrected chi connectivity index (χ4v) is 2.24. The lowest BCUT2D eigenvalue weighted by molar-refractivity contribution is 0.137. The zero-order valence-corrected chi connectivity index (χ0v) is 10.3. The summed E-state index contributed by atoms with van der Waals surface area (Å²) in [5.74, 6) is 0. The van der Waals surface area contributed by atoms with E-state index in [9.17, 15) is 0 Å². The molecular formula is C13H22N2O. The number of rotatable bonds is 4. The monoisotopic (exact) mass is 222 g/mol. The molecule has 1 N–H and O–H groups in total. The molecule has 3 nitrogen and oxygen atoms in total. The summed E-state index contributed by atoms with van der Waals surface area (Å²) < 4.78 is 5.05. The lowest BCUT2D eigenvalue weighted by Gasteiger charge is -2.38. The van der Waals surface area contributed by atoms with Gasteiger partial charge in [0, 0.05) is 18.7 Å². The first-order valence-corrected chi connectivity index (χ1v) is 6.08. The first kappa shape index (κ1) is 11.7. The van der Waals surface area contributed by atoms with Gasteiger partial charge in [-0.15, -0.1) is 0 Å². The van der Waals surface area contributed by atoms with Gasteiger partial charge in [-0.3, -0.25) is 0 Å². The predicted octanol–water partition coefficient (Wildman–Crippen LogP) is 2.10. The van der Waals surface area contributed by atoms with Crippen molar-refractivity contribution in [2.75, 3.05) is 26.7 Å². The van der Waals surface area contributed by atoms with Crippen LogP contribution in [0, 0.1) is 5.41 Å². The van der Waals surface area contributed by atoms with Gasteiger partial charge in [-0.2, -0.15) is 0 Å². The molecule has 1 saturated heterocycles. The van der Waals surface area contributed by atoms with Crippen molar-refractivity contribution in [2.24, 2.45) is 5.41 Å². The van der Waals surface area contributed by atoms with E-state index in [2.05, 4.69) is 24.2 Å². The number of hydrogen-bond donors (Lipinski definition) is 1. The van der Waals surface area contributed by atoms with Crippen molar-refractivity contribution in [3.05, 3.63) is 24.2 Å². The minimum Gasteiger partial charge on any atom is -0.472 e. The van der Waals surface area contributed by atoms with Crippen LogP contribution in [0.2, 0.25) is 0 Å². The summed E-state index contributed by atoms with van der Waals surface area (Å²) in [6, 6.07) is 2.02. The number of nitrogens with one attached hydrogen (secondary N) is 1. The Morgan fingerprint density at radius 1 is 1.44 bits per heavy atom. The Balaban J connectivity index is 1.73. The summed E-state index contributed by atoms with van der Waals surface area (Å²) in [6.45, 7) is 6.87. The van der Waals surface area contributed by atoms with Gasteiger partial charge >= 0.3 is 0 Å². The van der Waals surface area contributed by atoms with Gasteiger partial charge in [-0.05, 0) is 44.5 Å². The van der Waals surface area contributed by atoms with Gasteiger partial charge in [0.1, 0.15) is 0 Å².